The Hall–Kier alpha value is -10.2. The first-order valence-electron chi connectivity index (χ1n) is 37.1. The highest BCUT2D eigenvalue weighted by Gasteiger charge is 2.44. The molecule has 6 aromatic rings. The van der Waals surface area contributed by atoms with Crippen LogP contribution in [0.25, 0.3) is 0 Å². The van der Waals surface area contributed by atoms with Crippen molar-refractivity contribution in [1.82, 2.24) is 57.0 Å². The number of aryl methyl sites for hydroxylation is 1. The molecule has 3 fully saturated rings. The van der Waals surface area contributed by atoms with Crippen LogP contribution in [0.4, 0.5) is 4.79 Å². The minimum absolute atomic E-state index is 0.0616. The van der Waals surface area contributed by atoms with Crippen molar-refractivity contribution < 1.29 is 57.4 Å². The van der Waals surface area contributed by atoms with Crippen molar-refractivity contribution in [3.8, 4) is 0 Å². The second-order valence-electron chi connectivity index (χ2n) is 29.8. The SMILES string of the molecule is COC(=O)[C@H](Cc1ccccc1)NC(=O)[C@H](CC1CCCCC1)NC(=O)[C@H]1CCCCN1C(=O)[C@@H](Cc1ccccc1)NC(=O)[C@H](CCC(=O)NC(c1ccccc1)(c1ccccc1)c1ccccc1)NC(=O)[C@@H](NC(=O)C(C)(C)NC(=O)[C@H](Cc1cn(C)cn1)NC(=O)OC(C)(C)C)C1CCCCC1. The van der Waals surface area contributed by atoms with E-state index in [0.29, 0.717) is 43.4 Å². The molecule has 0 spiro atoms. The van der Waals surface area contributed by atoms with Gasteiger partial charge in [-0.05, 0) is 119 Å². The second-order valence-corrected chi connectivity index (χ2v) is 29.8. The van der Waals surface area contributed by atoms with Crippen molar-refractivity contribution in [3.05, 3.63) is 198 Å². The Morgan fingerprint density at radius 1 is 0.514 bits per heavy atom. The van der Waals surface area contributed by atoms with Crippen LogP contribution in [0.2, 0.25) is 0 Å². The van der Waals surface area contributed by atoms with Crippen LogP contribution in [0.5, 0.6) is 0 Å². The largest absolute Gasteiger partial charge is 0.467 e. The number of aromatic nitrogens is 2. The zero-order valence-electron chi connectivity index (χ0n) is 61.7. The predicted octanol–water partition coefficient (Wildman–Crippen LogP) is 8.65. The third kappa shape index (κ3) is 22.4. The van der Waals surface area contributed by atoms with Gasteiger partial charge in [0.2, 0.25) is 47.3 Å². The maximum Gasteiger partial charge on any atom is 0.408 e. The maximum atomic E-state index is 15.8. The molecule has 1 saturated heterocycles. The number of carbonyl (C=O) groups is 10. The first-order valence-corrected chi connectivity index (χ1v) is 37.1. The molecule has 9 amide bonds. The number of ether oxygens (including phenoxy) is 2. The number of hydrogen-bond donors (Lipinski definition) is 8. The van der Waals surface area contributed by atoms with Crippen molar-refractivity contribution >= 4 is 59.3 Å². The fourth-order valence-corrected chi connectivity index (χ4v) is 14.6. The summed E-state index contributed by atoms with van der Waals surface area (Å²) < 4.78 is 12.4. The van der Waals surface area contributed by atoms with Crippen LogP contribution in [0.15, 0.2) is 164 Å². The normalized spacial score (nSPS) is 16.9. The van der Waals surface area contributed by atoms with E-state index >= 15 is 24.0 Å². The third-order valence-electron chi connectivity index (χ3n) is 20.1. The van der Waals surface area contributed by atoms with E-state index in [2.05, 4.69) is 47.5 Å². The van der Waals surface area contributed by atoms with Gasteiger partial charge >= 0.3 is 12.1 Å². The molecule has 23 heteroatoms. The molecule has 5 aromatic carbocycles. The number of hydrogen-bond acceptors (Lipinski definition) is 13. The molecule has 8 N–H and O–H groups in total. The van der Waals surface area contributed by atoms with Crippen LogP contribution in [0.3, 0.4) is 0 Å². The van der Waals surface area contributed by atoms with Gasteiger partial charge in [0.05, 0.1) is 19.1 Å². The Bertz CT molecular complexity index is 3780. The Labute approximate surface area is 616 Å². The molecule has 2 saturated carbocycles. The monoisotopic (exact) mass is 1440 g/mol. The van der Waals surface area contributed by atoms with Gasteiger partial charge in [-0.15, -0.1) is 0 Å². The van der Waals surface area contributed by atoms with Gasteiger partial charge in [0.1, 0.15) is 59.0 Å². The summed E-state index contributed by atoms with van der Waals surface area (Å²) >= 11 is 0. The van der Waals surface area contributed by atoms with Crippen molar-refractivity contribution in [2.45, 2.75) is 216 Å². The van der Waals surface area contributed by atoms with Crippen molar-refractivity contribution in [2.24, 2.45) is 18.9 Å². The fraction of sp³-hybridized carbons (Fsp3) is 0.476. The summed E-state index contributed by atoms with van der Waals surface area (Å²) in [4.78, 5) is 154. The van der Waals surface area contributed by atoms with E-state index in [1.165, 1.54) is 25.9 Å². The topological polar surface area (TPSA) is 306 Å². The second kappa shape index (κ2) is 37.5. The molecular weight excluding hydrogens is 1330 g/mol. The molecule has 0 unspecified atom stereocenters. The maximum absolute atomic E-state index is 15.8. The predicted molar refractivity (Wildman–Crippen MR) is 398 cm³/mol. The number of piperidine rings is 1. The zero-order valence-corrected chi connectivity index (χ0v) is 61.7. The van der Waals surface area contributed by atoms with Crippen LogP contribution in [0.1, 0.15) is 171 Å². The Balaban J connectivity index is 1.03. The Morgan fingerprint density at radius 3 is 1.55 bits per heavy atom. The van der Waals surface area contributed by atoms with Gasteiger partial charge in [0.25, 0.3) is 0 Å². The summed E-state index contributed by atoms with van der Waals surface area (Å²) in [5.74, 6) is -6.32. The lowest BCUT2D eigenvalue weighted by atomic mass is 9.77. The smallest absolute Gasteiger partial charge is 0.408 e. The minimum Gasteiger partial charge on any atom is -0.467 e. The standard InChI is InChI=1S/C82H105N11O12/c1-80(2,3)105-79(103)88-65(52-62-53-92(6)54-83-62)73(97)91-81(4,5)78(102)89-70(58-37-21-11-22-38-58)75(99)84-63(46-47-69(94)90-82(59-39-23-12-24-40-59,60-41-25-13-26-42-60)61-43-27-14-28-44-61)71(95)86-66(50-56-33-17-9-18-34-56)76(100)93-48-30-29-45-68(93)74(98)85-64(49-55-31-15-8-16-32-55)72(96)87-67(77(101)104-7)51-57-35-19-10-20-36-57/h9-10,12-14,17-20,23-28,33-36,39-44,53-55,58,63-68,70H,8,11,15-16,21-22,29-32,37-38,45-52H2,1-7H3,(H,84,99)(H,85,98)(H,86,95)(H,87,96)(H,88,103)(H,89,102)(H,90,94)(H,91,97)/t63-,64-,65-,66+,67-,68+,70-/m0/s1. The summed E-state index contributed by atoms with van der Waals surface area (Å²) in [5.41, 5.74) is 0.258. The number of alkyl carbamates (subject to hydrolysis) is 1. The highest BCUT2D eigenvalue weighted by atomic mass is 16.6. The minimum atomic E-state index is -1.73. The molecule has 2 aliphatic carbocycles. The molecule has 560 valence electrons. The number of benzene rings is 5. The molecule has 23 nitrogen and oxygen atoms in total. The van der Waals surface area contributed by atoms with Crippen LogP contribution < -0.4 is 42.5 Å². The molecule has 0 bridgehead atoms. The van der Waals surface area contributed by atoms with Gasteiger partial charge in [-0.1, -0.05) is 203 Å². The van der Waals surface area contributed by atoms with E-state index < -0.39 is 124 Å². The fourth-order valence-electron chi connectivity index (χ4n) is 14.6. The van der Waals surface area contributed by atoms with Crippen LogP contribution in [0, 0.1) is 11.8 Å². The van der Waals surface area contributed by atoms with Crippen molar-refractivity contribution in [1.29, 1.82) is 0 Å². The Kier molecular flexibility index (Phi) is 28.2. The molecule has 9 rings (SSSR count). The molecule has 2 heterocycles. The quantitative estimate of drug-likeness (QED) is 0.0149. The summed E-state index contributed by atoms with van der Waals surface area (Å²) in [5, 5.41) is 23.7. The summed E-state index contributed by atoms with van der Waals surface area (Å²) in [6.07, 6.45) is 11.4. The number of nitrogens with zero attached hydrogens (tertiary/aromatic N) is 3. The Morgan fingerprint density at radius 2 is 1.02 bits per heavy atom. The number of nitrogens with one attached hydrogen (secondary N) is 8. The lowest BCUT2D eigenvalue weighted by Gasteiger charge is -2.38. The summed E-state index contributed by atoms with van der Waals surface area (Å²) in [6, 6.07) is 38.0. The molecule has 7 atom stereocenters. The van der Waals surface area contributed by atoms with Gasteiger partial charge in [-0.2, -0.15) is 0 Å². The number of likely N-dealkylation sites (tertiary alicyclic amines) is 1. The van der Waals surface area contributed by atoms with Crippen molar-refractivity contribution in [2.75, 3.05) is 13.7 Å². The van der Waals surface area contributed by atoms with Crippen LogP contribution in [-0.2, 0) is 84.5 Å². The van der Waals surface area contributed by atoms with Crippen molar-refractivity contribution in [3.63, 3.8) is 0 Å². The molecular formula is C82H105N11O12. The average molecular weight is 1440 g/mol. The van der Waals surface area contributed by atoms with E-state index in [1.54, 1.807) is 57.0 Å². The van der Waals surface area contributed by atoms with Gasteiger partial charge in [-0.25, -0.2) is 14.6 Å². The highest BCUT2D eigenvalue weighted by Crippen LogP contribution is 2.38. The highest BCUT2D eigenvalue weighted by molar-refractivity contribution is 5.99. The zero-order chi connectivity index (χ0) is 75.1. The van der Waals surface area contributed by atoms with Crippen LogP contribution >= 0.6 is 0 Å². The van der Waals surface area contributed by atoms with E-state index in [4.69, 9.17) is 9.47 Å². The van der Waals surface area contributed by atoms with E-state index in [-0.39, 0.29) is 51.0 Å². The number of imidazole rings is 1. The lowest BCUT2D eigenvalue weighted by molar-refractivity contribution is -0.147. The van der Waals surface area contributed by atoms with Gasteiger partial charge < -0.3 is 61.5 Å². The summed E-state index contributed by atoms with van der Waals surface area (Å²) in [6.45, 7) is 8.12. The van der Waals surface area contributed by atoms with E-state index in [1.807, 2.05) is 140 Å². The molecule has 1 aliphatic heterocycles. The first kappa shape index (κ1) is 78.9. The van der Waals surface area contributed by atoms with Gasteiger partial charge in [0.15, 0.2) is 0 Å². The molecule has 1 aromatic heterocycles. The molecule has 105 heavy (non-hydrogen) atoms. The lowest BCUT2D eigenvalue weighted by Crippen LogP contribution is -2.64. The van der Waals surface area contributed by atoms with E-state index in [0.717, 1.165) is 73.6 Å². The van der Waals surface area contributed by atoms with E-state index in [9.17, 15) is 24.0 Å². The first-order chi connectivity index (χ1) is 50.4. The number of esters is 1. The van der Waals surface area contributed by atoms with Gasteiger partial charge in [0, 0.05) is 45.5 Å². The molecule has 3 aliphatic rings. The number of carbonyl (C=O) groups excluding carboxylic acids is 10. The third-order valence-corrected chi connectivity index (χ3v) is 20.1. The number of amides is 9. The molecule has 0 radical (unpaired) electrons. The summed E-state index contributed by atoms with van der Waals surface area (Å²) in [7, 11) is 3.01. The number of rotatable bonds is 31. The van der Waals surface area contributed by atoms with Crippen LogP contribution in [-0.4, -0.2) is 141 Å². The van der Waals surface area contributed by atoms with Gasteiger partial charge in [-0.3, -0.25) is 38.4 Å². The number of methoxy groups -OCH3 is 1. The average Bonchev–Trinajstić information content (AvgIpc) is 1.03.